The molecule has 6 aromatic rings. The zero-order chi connectivity index (χ0) is 46.5. The van der Waals surface area contributed by atoms with Gasteiger partial charge in [0.2, 0.25) is 17.8 Å². The van der Waals surface area contributed by atoms with E-state index in [0.717, 1.165) is 0 Å². The summed E-state index contributed by atoms with van der Waals surface area (Å²) in [7, 11) is 1.76. The normalized spacial score (nSPS) is 12.3. The number of primary amides is 1. The van der Waals surface area contributed by atoms with Crippen molar-refractivity contribution < 1.29 is 32.9 Å². The van der Waals surface area contributed by atoms with Crippen LogP contribution in [0.2, 0.25) is 0 Å². The van der Waals surface area contributed by atoms with Crippen molar-refractivity contribution in [2.24, 2.45) is 5.73 Å². The van der Waals surface area contributed by atoms with Crippen molar-refractivity contribution in [3.63, 3.8) is 0 Å². The molecule has 20 nitrogen and oxygen atoms in total. The van der Waals surface area contributed by atoms with Crippen LogP contribution in [0.3, 0.4) is 0 Å². The molecule has 4 amide bonds. The van der Waals surface area contributed by atoms with Crippen molar-refractivity contribution in [1.82, 2.24) is 48.3 Å². The Kier molecular flexibility index (Phi) is 14.3. The van der Waals surface area contributed by atoms with Gasteiger partial charge in [0.1, 0.15) is 39.2 Å². The van der Waals surface area contributed by atoms with Crippen molar-refractivity contribution in [2.75, 3.05) is 37.9 Å². The van der Waals surface area contributed by atoms with Crippen LogP contribution < -0.4 is 25.8 Å². The number of aromatic nitrogens is 8. The number of ether oxygens (including phenoxy) is 2. The van der Waals surface area contributed by atoms with E-state index in [4.69, 9.17) is 25.2 Å². The van der Waals surface area contributed by atoms with E-state index in [2.05, 4.69) is 25.6 Å². The molecule has 340 valence electrons. The lowest BCUT2D eigenvalue weighted by Gasteiger charge is -2.24. The Morgan fingerprint density at radius 3 is 1.98 bits per heavy atom. The van der Waals surface area contributed by atoms with Gasteiger partial charge >= 0.3 is 6.09 Å². The van der Waals surface area contributed by atoms with E-state index < -0.39 is 40.4 Å². The zero-order valence-corrected chi connectivity index (χ0v) is 38.3. The smallest absolute Gasteiger partial charge is 0.410 e. The number of hydrogen-bond acceptors (Lipinski definition) is 11. The van der Waals surface area contributed by atoms with E-state index in [-0.39, 0.29) is 42.9 Å². The third-order valence-electron chi connectivity index (χ3n) is 9.87. The van der Waals surface area contributed by atoms with Crippen molar-refractivity contribution in [3.05, 3.63) is 83.0 Å². The molecule has 0 aliphatic heterocycles. The van der Waals surface area contributed by atoms with Crippen LogP contribution in [0.1, 0.15) is 83.8 Å². The molecule has 6 rings (SSSR count). The van der Waals surface area contributed by atoms with E-state index in [0.29, 0.717) is 75.8 Å². The van der Waals surface area contributed by atoms with Crippen LogP contribution in [0.5, 0.6) is 5.75 Å². The lowest BCUT2D eigenvalue weighted by Crippen LogP contribution is -2.35. The van der Waals surface area contributed by atoms with E-state index in [1.54, 1.807) is 86.1 Å². The molecular weight excluding hydrogens is 843 g/mol. The fourth-order valence-corrected chi connectivity index (χ4v) is 7.57. The number of carbonyl (C=O) groups excluding carboxylic acids is 4. The summed E-state index contributed by atoms with van der Waals surface area (Å²) in [6.07, 6.45) is 3.67. The predicted octanol–water partition coefficient (Wildman–Crippen LogP) is 5.17. The van der Waals surface area contributed by atoms with Gasteiger partial charge < -0.3 is 29.2 Å². The summed E-state index contributed by atoms with van der Waals surface area (Å²) in [6, 6.07) is 11.7. The molecule has 0 radical (unpaired) electrons. The molecular formula is C43H55N13O7S. The largest absolute Gasteiger partial charge is 0.491 e. The fraction of sp³-hybridized carbons (Fsp3) is 0.395. The minimum absolute atomic E-state index is 0.145. The van der Waals surface area contributed by atoms with Gasteiger partial charge in [0, 0.05) is 45.3 Å². The monoisotopic (exact) mass is 897 g/mol. The molecule has 0 saturated heterocycles. The van der Waals surface area contributed by atoms with Crippen LogP contribution >= 0.6 is 0 Å². The number of allylic oxidation sites excluding steroid dienone is 2. The quantitative estimate of drug-likeness (QED) is 0.0648. The molecule has 1 atom stereocenters. The van der Waals surface area contributed by atoms with E-state index in [9.17, 15) is 23.4 Å². The molecule has 0 spiro atoms. The fourth-order valence-electron chi connectivity index (χ4n) is 6.92. The summed E-state index contributed by atoms with van der Waals surface area (Å²) < 4.78 is 33.9. The summed E-state index contributed by atoms with van der Waals surface area (Å²) in [6.45, 7) is 14.6. The van der Waals surface area contributed by atoms with Crippen molar-refractivity contribution in [3.8, 4) is 5.75 Å². The number of amides is 4. The number of aryl methyl sites for hydroxylation is 4. The average Bonchev–Trinajstić information content (AvgIpc) is 4.01. The molecule has 0 fully saturated rings. The summed E-state index contributed by atoms with van der Waals surface area (Å²) in [4.78, 5) is 64.0. The molecule has 21 heteroatoms. The topological polar surface area (TPSA) is 240 Å². The molecule has 0 bridgehead atoms. The summed E-state index contributed by atoms with van der Waals surface area (Å²) in [5.74, 6) is -0.845. The molecule has 0 aliphatic carbocycles. The molecule has 4 heterocycles. The molecule has 1 unspecified atom stereocenters. The highest BCUT2D eigenvalue weighted by Gasteiger charge is 2.24. The lowest BCUT2D eigenvalue weighted by molar-refractivity contribution is 0.0291. The molecule has 4 aromatic heterocycles. The first-order chi connectivity index (χ1) is 30.4. The SMILES string of the molecule is CCn1nc(C)cc1C(=O)Nc1nc2cc(S(=O)NC)ccc2n1C/C=C/Cn1c(NC(=O)c2cc(C)nn2CC)nc2cc(C(N)=O)cc(OCCCN(C)C(=O)OC(C)(C)C)c21. The van der Waals surface area contributed by atoms with Gasteiger partial charge in [0.25, 0.3) is 11.8 Å². The number of imidazole rings is 2. The van der Waals surface area contributed by atoms with Crippen LogP contribution in [0, 0.1) is 13.8 Å². The van der Waals surface area contributed by atoms with Crippen LogP contribution in [0.4, 0.5) is 16.7 Å². The first-order valence-electron chi connectivity index (χ1n) is 20.8. The molecule has 5 N–H and O–H groups in total. The lowest BCUT2D eigenvalue weighted by atomic mass is 10.1. The van der Waals surface area contributed by atoms with Crippen molar-refractivity contribution in [2.45, 2.75) is 91.6 Å². The first kappa shape index (κ1) is 46.6. The number of nitrogens with zero attached hydrogens (tertiary/aromatic N) is 9. The Balaban J connectivity index is 1.35. The number of hydrogen-bond donors (Lipinski definition) is 4. The number of anilines is 2. The van der Waals surface area contributed by atoms with Gasteiger partial charge in [-0.3, -0.25) is 34.4 Å². The van der Waals surface area contributed by atoms with Gasteiger partial charge in [-0.2, -0.15) is 10.2 Å². The Labute approximate surface area is 372 Å². The minimum Gasteiger partial charge on any atom is -0.491 e. The number of nitrogens with one attached hydrogen (secondary N) is 3. The Morgan fingerprint density at radius 1 is 0.844 bits per heavy atom. The average molecular weight is 898 g/mol. The summed E-state index contributed by atoms with van der Waals surface area (Å²) >= 11 is 0. The summed E-state index contributed by atoms with van der Waals surface area (Å²) in [5, 5.41) is 14.7. The van der Waals surface area contributed by atoms with Crippen LogP contribution in [-0.4, -0.2) is 104 Å². The van der Waals surface area contributed by atoms with E-state index in [1.807, 2.05) is 37.5 Å². The van der Waals surface area contributed by atoms with Crippen LogP contribution in [0.15, 0.2) is 59.5 Å². The Hall–Kier alpha value is -6.87. The highest BCUT2D eigenvalue weighted by Crippen LogP contribution is 2.32. The first-order valence-corrected chi connectivity index (χ1v) is 21.9. The van der Waals surface area contributed by atoms with Gasteiger partial charge in [-0.05, 0) is 104 Å². The number of nitrogens with two attached hydrogens (primary N) is 1. The summed E-state index contributed by atoms with van der Waals surface area (Å²) in [5.41, 5.74) is 9.32. The maximum Gasteiger partial charge on any atom is 0.410 e. The Bertz CT molecular complexity index is 2770. The number of benzene rings is 2. The number of fused-ring (bicyclic) bond motifs is 2. The van der Waals surface area contributed by atoms with Gasteiger partial charge in [-0.15, -0.1) is 0 Å². The van der Waals surface area contributed by atoms with Gasteiger partial charge in [-0.1, -0.05) is 12.2 Å². The third kappa shape index (κ3) is 10.7. The van der Waals surface area contributed by atoms with Crippen molar-refractivity contribution >= 4 is 68.8 Å². The molecule has 2 aromatic carbocycles. The zero-order valence-electron chi connectivity index (χ0n) is 37.5. The van der Waals surface area contributed by atoms with E-state index >= 15 is 0 Å². The number of carbonyl (C=O) groups is 4. The number of rotatable bonds is 18. The molecule has 64 heavy (non-hydrogen) atoms. The highest BCUT2D eigenvalue weighted by atomic mass is 32.2. The second-order valence-electron chi connectivity index (χ2n) is 15.9. The van der Waals surface area contributed by atoms with Gasteiger partial charge in [0.15, 0.2) is 0 Å². The highest BCUT2D eigenvalue weighted by molar-refractivity contribution is 7.83. The van der Waals surface area contributed by atoms with Crippen molar-refractivity contribution in [1.29, 1.82) is 0 Å². The van der Waals surface area contributed by atoms with Gasteiger partial charge in [0.05, 0.1) is 39.4 Å². The third-order valence-corrected chi connectivity index (χ3v) is 10.9. The standard InChI is InChI=1S/C43H55N13O7S/c1-10-55-33(21-26(3)50-55)38(58)48-40-46-30-25-29(64(61)45-8)15-16-32(30)53(40)18-12-13-19-54-36-31(47-41(54)49-39(59)34-22-27(4)51-56(34)11-2)23-28(37(44)57)24-35(36)62-20-14-17-52(9)42(60)63-43(5,6)7/h12-13,15-16,21-25,45H,10-11,14,17-20H2,1-9H3,(H2,44,57)(H,46,48,58)(H,47,49,59)/b13-12+. The van der Waals surface area contributed by atoms with Crippen LogP contribution in [0.25, 0.3) is 22.1 Å². The van der Waals surface area contributed by atoms with Crippen LogP contribution in [-0.2, 0) is 41.9 Å². The Morgan fingerprint density at radius 2 is 1.42 bits per heavy atom. The minimum atomic E-state index is -1.47. The second-order valence-corrected chi connectivity index (χ2v) is 17.3. The van der Waals surface area contributed by atoms with Gasteiger partial charge in [-0.25, -0.2) is 23.7 Å². The molecule has 0 saturated carbocycles. The predicted molar refractivity (Wildman–Crippen MR) is 243 cm³/mol. The maximum absolute atomic E-state index is 13.8. The maximum atomic E-state index is 13.8. The molecule has 0 aliphatic rings. The second kappa shape index (κ2) is 19.7. The van der Waals surface area contributed by atoms with E-state index in [1.165, 1.54) is 17.0 Å².